The van der Waals surface area contributed by atoms with Crippen LogP contribution in [0.15, 0.2) is 65.2 Å². The first-order chi connectivity index (χ1) is 17.1. The maximum absolute atomic E-state index is 6.54. The normalized spacial score (nSPS) is 12.8. The van der Waals surface area contributed by atoms with Crippen molar-refractivity contribution in [1.29, 1.82) is 0 Å². The second kappa shape index (κ2) is 8.88. The molecule has 0 atom stereocenters. The van der Waals surface area contributed by atoms with Crippen LogP contribution < -0.4 is 9.75 Å². The van der Waals surface area contributed by atoms with Crippen LogP contribution in [0.25, 0.3) is 44.0 Å². The maximum Gasteiger partial charge on any atom is 0.224 e. The Labute approximate surface area is 217 Å². The highest BCUT2D eigenvalue weighted by atomic mass is 28.3. The van der Waals surface area contributed by atoms with Crippen LogP contribution in [0.5, 0.6) is 0 Å². The molecule has 0 bridgehead atoms. The molecular weight excluding hydrogens is 454 g/mol. The van der Waals surface area contributed by atoms with Gasteiger partial charge in [-0.2, -0.15) is 0 Å². The van der Waals surface area contributed by atoms with Crippen LogP contribution in [-0.4, -0.2) is 8.07 Å². The molecule has 0 aliphatic carbocycles. The molecule has 2 aromatic heterocycles. The van der Waals surface area contributed by atoms with E-state index in [1.807, 2.05) is 0 Å². The topological polar surface area (TPSA) is 17.0 Å². The zero-order chi connectivity index (χ0) is 25.9. The van der Waals surface area contributed by atoms with Gasteiger partial charge >= 0.3 is 0 Å². The molecule has 0 saturated heterocycles. The molecule has 0 aliphatic heterocycles. The highest BCUT2D eigenvalue weighted by molar-refractivity contribution is 6.95. The van der Waals surface area contributed by atoms with Gasteiger partial charge in [-0.15, -0.1) is 0 Å². The average molecular weight is 495 g/mol. The molecular formula is C33H40NOSi+. The van der Waals surface area contributed by atoms with Crippen LogP contribution in [0, 0.1) is 13.8 Å². The smallest absolute Gasteiger partial charge is 0.224 e. The van der Waals surface area contributed by atoms with Crippen molar-refractivity contribution in [2.24, 2.45) is 7.05 Å². The predicted octanol–water partition coefficient (Wildman–Crippen LogP) is 8.73. The van der Waals surface area contributed by atoms with E-state index < -0.39 is 8.07 Å². The number of furan rings is 1. The van der Waals surface area contributed by atoms with Gasteiger partial charge in [0.05, 0.1) is 19.0 Å². The van der Waals surface area contributed by atoms with Crippen molar-refractivity contribution in [3.05, 3.63) is 71.9 Å². The maximum atomic E-state index is 6.54. The van der Waals surface area contributed by atoms with E-state index in [1.165, 1.54) is 43.9 Å². The lowest BCUT2D eigenvalue weighted by Crippen LogP contribution is -2.55. The van der Waals surface area contributed by atoms with Crippen molar-refractivity contribution in [2.75, 3.05) is 0 Å². The Hall–Kier alpha value is -2.91. The summed E-state index contributed by atoms with van der Waals surface area (Å²) in [4.78, 5) is 0. The monoisotopic (exact) mass is 494 g/mol. The fourth-order valence-electron chi connectivity index (χ4n) is 7.33. The highest BCUT2D eigenvalue weighted by Gasteiger charge is 2.44. The Kier molecular flexibility index (Phi) is 6.11. The molecule has 3 heteroatoms. The van der Waals surface area contributed by atoms with Gasteiger partial charge < -0.3 is 4.42 Å². The molecule has 0 aliphatic rings. The van der Waals surface area contributed by atoms with Crippen molar-refractivity contribution in [1.82, 2.24) is 0 Å². The third-order valence-electron chi connectivity index (χ3n) is 8.93. The van der Waals surface area contributed by atoms with Crippen LogP contribution in [-0.2, 0) is 7.05 Å². The molecule has 3 aromatic carbocycles. The number of aromatic nitrogens is 1. The Morgan fingerprint density at radius 1 is 0.750 bits per heavy atom. The molecule has 2 heterocycles. The summed E-state index contributed by atoms with van der Waals surface area (Å²) >= 11 is 0. The summed E-state index contributed by atoms with van der Waals surface area (Å²) in [6.45, 7) is 19.1. The van der Waals surface area contributed by atoms with Crippen LogP contribution in [0.2, 0.25) is 16.6 Å². The van der Waals surface area contributed by atoms with Gasteiger partial charge in [0.2, 0.25) is 5.69 Å². The van der Waals surface area contributed by atoms with Crippen LogP contribution >= 0.6 is 0 Å². The summed E-state index contributed by atoms with van der Waals surface area (Å²) in [5.41, 5.74) is 9.01. The van der Waals surface area contributed by atoms with Gasteiger partial charge in [0, 0.05) is 16.8 Å². The van der Waals surface area contributed by atoms with Gasteiger partial charge in [-0.25, -0.2) is 4.57 Å². The molecule has 0 amide bonds. The fourth-order valence-corrected chi connectivity index (χ4v) is 14.1. The zero-order valence-corrected chi connectivity index (χ0v) is 24.4. The number of fused-ring (bicyclic) bond motifs is 4. The number of hydrogen-bond acceptors (Lipinski definition) is 1. The fraction of sp³-hybridized carbons (Fsp3) is 0.364. The van der Waals surface area contributed by atoms with E-state index in [0.29, 0.717) is 16.6 Å². The molecule has 2 nitrogen and oxygen atoms in total. The van der Waals surface area contributed by atoms with E-state index in [-0.39, 0.29) is 0 Å². The lowest BCUT2D eigenvalue weighted by molar-refractivity contribution is -0.659. The van der Waals surface area contributed by atoms with Gasteiger partial charge in [-0.05, 0) is 65.2 Å². The molecule has 0 radical (unpaired) electrons. The van der Waals surface area contributed by atoms with Crippen molar-refractivity contribution in [2.45, 2.75) is 72.0 Å². The molecule has 36 heavy (non-hydrogen) atoms. The first-order valence-electron chi connectivity index (χ1n) is 13.4. The molecule has 0 fully saturated rings. The molecule has 0 saturated carbocycles. The zero-order valence-electron chi connectivity index (χ0n) is 23.4. The summed E-state index contributed by atoms with van der Waals surface area (Å²) in [7, 11) is 0.419. The van der Waals surface area contributed by atoms with E-state index >= 15 is 0 Å². The number of para-hydroxylation sites is 1. The summed E-state index contributed by atoms with van der Waals surface area (Å²) in [6, 6.07) is 20.4. The van der Waals surface area contributed by atoms with Gasteiger partial charge in [-0.1, -0.05) is 77.1 Å². The third-order valence-corrected chi connectivity index (χ3v) is 16.0. The number of rotatable bonds is 5. The van der Waals surface area contributed by atoms with E-state index in [2.05, 4.69) is 128 Å². The summed E-state index contributed by atoms with van der Waals surface area (Å²) in [5.74, 6) is 0. The van der Waals surface area contributed by atoms with Gasteiger partial charge in [0.25, 0.3) is 0 Å². The predicted molar refractivity (Wildman–Crippen MR) is 158 cm³/mol. The minimum atomic E-state index is -1.74. The Morgan fingerprint density at radius 2 is 1.42 bits per heavy atom. The van der Waals surface area contributed by atoms with Crippen LogP contribution in [0.1, 0.15) is 52.7 Å². The van der Waals surface area contributed by atoms with Gasteiger partial charge in [0.15, 0.2) is 6.20 Å². The lowest BCUT2D eigenvalue weighted by atomic mass is 9.94. The average Bonchev–Trinajstić information content (AvgIpc) is 3.18. The van der Waals surface area contributed by atoms with E-state index in [4.69, 9.17) is 4.42 Å². The number of aryl methyl sites for hydroxylation is 2. The van der Waals surface area contributed by atoms with E-state index in [0.717, 1.165) is 11.2 Å². The van der Waals surface area contributed by atoms with E-state index in [1.54, 1.807) is 5.19 Å². The Balaban J connectivity index is 1.85. The Morgan fingerprint density at radius 3 is 2.08 bits per heavy atom. The number of hydrogen-bond donors (Lipinski definition) is 0. The summed E-state index contributed by atoms with van der Waals surface area (Å²) in [6.07, 6.45) is 2.22. The molecule has 5 rings (SSSR count). The summed E-state index contributed by atoms with van der Waals surface area (Å²) < 4.78 is 8.82. The third kappa shape index (κ3) is 3.47. The van der Waals surface area contributed by atoms with Crippen molar-refractivity contribution < 1.29 is 8.98 Å². The van der Waals surface area contributed by atoms with Gasteiger partial charge in [0.1, 0.15) is 18.2 Å². The Bertz CT molecular complexity index is 1580. The number of benzene rings is 3. The first kappa shape index (κ1) is 24.8. The molecule has 0 N–H and O–H groups in total. The molecule has 0 spiro atoms. The van der Waals surface area contributed by atoms with Crippen molar-refractivity contribution >= 4 is 46.0 Å². The number of nitrogens with zero attached hydrogens (tertiary/aromatic N) is 1. The minimum absolute atomic E-state index is 0.684. The second-order valence-corrected chi connectivity index (χ2v) is 17.6. The van der Waals surface area contributed by atoms with Crippen LogP contribution in [0.4, 0.5) is 0 Å². The highest BCUT2D eigenvalue weighted by Crippen LogP contribution is 2.43. The standard InChI is InChI=1S/C33H40NOSi/c1-20(2)36(21(3)4,22(5)6)26-14-15-27-25(19-26)16-17-34(9)32(27)31-24(8)23(7)18-29-28-12-10-11-13-30(28)35-33(29)31/h10-22H,1-9H3/q+1. The lowest BCUT2D eigenvalue weighted by Gasteiger charge is -2.43. The SMILES string of the molecule is Cc1cc2c(oc3ccccc32)c(-c2c3ccc([Si](C(C)C)(C(C)C)C(C)C)cc3cc[n+]2C)c1C. The quantitative estimate of drug-likeness (QED) is 0.176. The first-order valence-corrected chi connectivity index (χ1v) is 15.7. The van der Waals surface area contributed by atoms with Gasteiger partial charge in [-0.3, -0.25) is 0 Å². The van der Waals surface area contributed by atoms with Crippen LogP contribution in [0.3, 0.4) is 0 Å². The second-order valence-electron chi connectivity index (χ2n) is 11.6. The number of pyridine rings is 1. The van der Waals surface area contributed by atoms with Crippen molar-refractivity contribution in [3.63, 3.8) is 0 Å². The van der Waals surface area contributed by atoms with Crippen molar-refractivity contribution in [3.8, 4) is 11.3 Å². The molecule has 5 aromatic rings. The minimum Gasteiger partial charge on any atom is -0.455 e. The van der Waals surface area contributed by atoms with E-state index in [9.17, 15) is 0 Å². The summed E-state index contributed by atoms with van der Waals surface area (Å²) in [5, 5.41) is 6.58. The molecule has 0 unspecified atom stereocenters. The largest absolute Gasteiger partial charge is 0.455 e. The molecule has 186 valence electrons.